The smallest absolute Gasteiger partial charge is 0.407 e. The molecule has 101 heavy (non-hydrogen) atoms. The first-order chi connectivity index (χ1) is 48.6. The zero-order valence-electron chi connectivity index (χ0n) is 57.1. The monoisotopic (exact) mass is 1370 g/mol. The maximum Gasteiger partial charge on any atom is 0.407 e. The fraction of sp³-hybridized carbons (Fsp3) is 0.364. The van der Waals surface area contributed by atoms with E-state index in [-0.39, 0.29) is 68.5 Å². The van der Waals surface area contributed by atoms with Gasteiger partial charge < -0.3 is 51.0 Å². The minimum Gasteiger partial charge on any atom is -0.458 e. The minimum atomic E-state index is -2.06. The Hall–Kier alpha value is -10.7. The van der Waals surface area contributed by atoms with Crippen LogP contribution in [0.15, 0.2) is 138 Å². The molecule has 0 fully saturated rings. The molecule has 8 amide bonds. The number of pyridine rings is 2. The van der Waals surface area contributed by atoms with Crippen LogP contribution in [0.3, 0.4) is 0 Å². The van der Waals surface area contributed by atoms with Gasteiger partial charge >= 0.3 is 12.1 Å². The van der Waals surface area contributed by atoms with Gasteiger partial charge in [-0.05, 0) is 135 Å². The number of carbonyl (C=O) groups is 9. The van der Waals surface area contributed by atoms with Crippen molar-refractivity contribution >= 4 is 70.0 Å². The Labute approximate surface area is 583 Å². The van der Waals surface area contributed by atoms with Crippen LogP contribution in [0, 0.1) is 25.6 Å². The van der Waals surface area contributed by atoms with Crippen molar-refractivity contribution < 1.29 is 62.1 Å². The van der Waals surface area contributed by atoms with Crippen molar-refractivity contribution in [1.82, 2.24) is 46.4 Å². The van der Waals surface area contributed by atoms with Crippen molar-refractivity contribution in [3.05, 3.63) is 211 Å². The highest BCUT2D eigenvalue weighted by Gasteiger charge is 2.46. The van der Waals surface area contributed by atoms with E-state index < -0.39 is 101 Å². The molecule has 0 spiro atoms. The Morgan fingerprint density at radius 1 is 0.752 bits per heavy atom. The fourth-order valence-corrected chi connectivity index (χ4v) is 13.9. The molecule has 4 atom stereocenters. The number of anilines is 1. The number of benzene rings is 5. The van der Waals surface area contributed by atoms with E-state index in [1.165, 1.54) is 22.8 Å². The highest BCUT2D eigenvalue weighted by Crippen LogP contribution is 2.46. The predicted octanol–water partition coefficient (Wildman–Crippen LogP) is 7.78. The third-order valence-electron chi connectivity index (χ3n) is 19.4. The van der Waals surface area contributed by atoms with Crippen LogP contribution in [0.5, 0.6) is 0 Å². The molecule has 4 aliphatic rings. The van der Waals surface area contributed by atoms with Crippen LogP contribution in [-0.2, 0) is 85.1 Å². The van der Waals surface area contributed by atoms with E-state index in [2.05, 4.69) is 85.7 Å². The topological polar surface area (TPSA) is 315 Å². The van der Waals surface area contributed by atoms with Crippen molar-refractivity contribution in [3.63, 3.8) is 0 Å². The summed E-state index contributed by atoms with van der Waals surface area (Å²) in [7, 11) is 0. The van der Waals surface area contributed by atoms with Crippen LogP contribution in [0.4, 0.5) is 14.9 Å². The van der Waals surface area contributed by atoms with E-state index in [0.29, 0.717) is 102 Å². The largest absolute Gasteiger partial charge is 0.458 e. The second-order valence-corrected chi connectivity index (χ2v) is 26.5. The van der Waals surface area contributed by atoms with Crippen LogP contribution in [0.1, 0.15) is 146 Å². The number of unbranched alkanes of at least 4 members (excludes halogenated alkanes) is 3. The van der Waals surface area contributed by atoms with Crippen LogP contribution in [0.2, 0.25) is 0 Å². The predicted molar refractivity (Wildman–Crippen MR) is 374 cm³/mol. The zero-order valence-corrected chi connectivity index (χ0v) is 57.1. The second-order valence-electron chi connectivity index (χ2n) is 26.5. The van der Waals surface area contributed by atoms with E-state index in [1.807, 2.05) is 43.3 Å². The summed E-state index contributed by atoms with van der Waals surface area (Å²) >= 11 is 0. The molecule has 2 aromatic heterocycles. The van der Waals surface area contributed by atoms with E-state index in [0.717, 1.165) is 32.7 Å². The molecule has 11 rings (SSSR count). The van der Waals surface area contributed by atoms with Gasteiger partial charge in [0.15, 0.2) is 5.60 Å². The first-order valence-corrected chi connectivity index (χ1v) is 34.3. The first-order valence-electron chi connectivity index (χ1n) is 34.3. The third kappa shape index (κ3) is 15.5. The van der Waals surface area contributed by atoms with Gasteiger partial charge in [-0.3, -0.25) is 48.6 Å². The molecule has 526 valence electrons. The van der Waals surface area contributed by atoms with Gasteiger partial charge in [-0.25, -0.2) is 19.0 Å². The lowest BCUT2D eigenvalue weighted by Crippen LogP contribution is -2.55. The number of halogens is 1. The maximum absolute atomic E-state index is 15.6. The van der Waals surface area contributed by atoms with E-state index in [1.54, 1.807) is 58.0 Å². The Morgan fingerprint density at radius 3 is 2.09 bits per heavy atom. The van der Waals surface area contributed by atoms with Crippen molar-refractivity contribution in [1.29, 1.82) is 0 Å². The van der Waals surface area contributed by atoms with Crippen molar-refractivity contribution in [2.45, 2.75) is 148 Å². The molecule has 8 N–H and O–H groups in total. The lowest BCUT2D eigenvalue weighted by atomic mass is 9.76. The van der Waals surface area contributed by atoms with E-state index in [4.69, 9.17) is 14.5 Å². The van der Waals surface area contributed by atoms with Crippen LogP contribution in [0.25, 0.3) is 22.3 Å². The number of ether oxygens (including phenoxy) is 2. The Balaban J connectivity index is 0.742. The molecule has 5 aromatic carbocycles. The Bertz CT molecular complexity index is 4390. The van der Waals surface area contributed by atoms with Crippen molar-refractivity contribution in [2.24, 2.45) is 5.92 Å². The molecule has 5 heterocycles. The number of imide groups is 1. The van der Waals surface area contributed by atoms with E-state index in [9.17, 15) is 53.1 Å². The molecule has 0 saturated heterocycles. The van der Waals surface area contributed by atoms with Gasteiger partial charge in [-0.1, -0.05) is 130 Å². The highest BCUT2D eigenvalue weighted by molar-refractivity contribution is 6.13. The molecule has 0 unspecified atom stereocenters. The number of carbonyl (C=O) groups excluding carboxylic acids is 9. The standard InChI is InChI=1S/C77H83FN10O13/c1-6-76(99)56-38-61-70-54(42-88(61)73(96)55(56)44-100-74(76)97)68-58(33-32-53-47(5)57(78)39-60(83-70)67(53)68)85-75(98)101-43-48-26-30-52(31-27-48)82-71(94)59(22-15-16-36-81-77(49-18-10-7-11-19-49,50-20-12-8-13-21-50)51-28-24-46(4)25-29-51)84-72(95)69(45(2)3)86-64(91)41-80-63(90)40-79-62(89)23-14-9-17-37-87-65(92)34-35-66(87)93/h7-8,10-13,18-21,24-31,34-35,38-39,45,58-59,69,81,99H,6,9,14-17,22-23,32-33,36-37,40-44H2,1-5H3,(H,79,89)(H,80,90)(H,82,94)(H,84,95)(H,85,98)(H,86,91)/t58-,59-,69-,76-/m0/s1. The Morgan fingerprint density at radius 2 is 1.42 bits per heavy atom. The number of hydrogen-bond acceptors (Lipinski definition) is 15. The minimum absolute atomic E-state index is 0.0505. The zero-order chi connectivity index (χ0) is 71.7. The van der Waals surface area contributed by atoms with Gasteiger partial charge in [-0.15, -0.1) is 0 Å². The molecule has 24 heteroatoms. The number of aromatic nitrogens is 2. The van der Waals surface area contributed by atoms with Gasteiger partial charge in [0.2, 0.25) is 29.5 Å². The number of amides is 8. The summed E-state index contributed by atoms with van der Waals surface area (Å²) in [5, 5.41) is 32.6. The summed E-state index contributed by atoms with van der Waals surface area (Å²) in [4.78, 5) is 138. The summed E-state index contributed by atoms with van der Waals surface area (Å²) in [5.74, 6) is -5.46. The molecule has 3 aliphatic heterocycles. The molecule has 1 aliphatic carbocycles. The van der Waals surface area contributed by atoms with Gasteiger partial charge in [0, 0.05) is 53.4 Å². The molecular formula is C77H83FN10O13. The van der Waals surface area contributed by atoms with Crippen LogP contribution in [-0.4, -0.2) is 111 Å². The summed E-state index contributed by atoms with van der Waals surface area (Å²) < 4.78 is 28.2. The SMILES string of the molecule is CC[C@@]1(O)C(=O)OCc2c1cc1n(c2=O)Cc2c-1nc1cc(F)c(C)c3c1c2[C@@H](NC(=O)OCc1ccc(NC(=O)[C@H](CCCCNC(c2ccccc2)(c2ccccc2)c2ccc(C)cc2)NC(=O)[C@@H](NC(=O)CNC(=O)CNC(=O)CCCCCN2C(=O)C=CC2=O)C(C)C)cc1)CC3. The average Bonchev–Trinajstić information content (AvgIpc) is 1.60. The number of aryl methyl sites for hydroxylation is 2. The van der Waals surface area contributed by atoms with Crippen LogP contribution >= 0.6 is 0 Å². The van der Waals surface area contributed by atoms with Crippen molar-refractivity contribution in [2.75, 3.05) is 31.5 Å². The Kier molecular flexibility index (Phi) is 22.1. The van der Waals surface area contributed by atoms with Gasteiger partial charge in [0.05, 0.1) is 53.7 Å². The number of fused-ring (bicyclic) bond motifs is 5. The second kappa shape index (κ2) is 31.2. The number of aliphatic hydroxyl groups is 1. The molecule has 0 radical (unpaired) electrons. The molecule has 0 saturated carbocycles. The van der Waals surface area contributed by atoms with Gasteiger partial charge in [0.25, 0.3) is 17.4 Å². The van der Waals surface area contributed by atoms with Crippen LogP contribution < -0.4 is 42.8 Å². The fourth-order valence-electron chi connectivity index (χ4n) is 13.9. The van der Waals surface area contributed by atoms with Gasteiger partial charge in [-0.2, -0.15) is 0 Å². The van der Waals surface area contributed by atoms with Crippen molar-refractivity contribution in [3.8, 4) is 11.4 Å². The summed E-state index contributed by atoms with van der Waals surface area (Å²) in [6.45, 7) is 8.16. The molecule has 7 aromatic rings. The lowest BCUT2D eigenvalue weighted by molar-refractivity contribution is -0.172. The number of alkyl carbamates (subject to hydrolysis) is 1. The number of rotatable bonds is 29. The number of hydrogen-bond donors (Lipinski definition) is 8. The molecular weight excluding hydrogens is 1290 g/mol. The number of nitrogens with one attached hydrogen (secondary N) is 7. The van der Waals surface area contributed by atoms with Gasteiger partial charge in [0.1, 0.15) is 31.1 Å². The number of nitrogens with zero attached hydrogens (tertiary/aromatic N) is 3. The summed E-state index contributed by atoms with van der Waals surface area (Å²) in [6.07, 6.45) is 5.22. The lowest BCUT2D eigenvalue weighted by Gasteiger charge is -2.37. The highest BCUT2D eigenvalue weighted by atomic mass is 19.1. The number of esters is 1. The third-order valence-corrected chi connectivity index (χ3v) is 19.4. The molecule has 23 nitrogen and oxygen atoms in total. The summed E-state index contributed by atoms with van der Waals surface area (Å²) in [5.41, 5.74) is 5.58. The maximum atomic E-state index is 15.6. The number of cyclic esters (lactones) is 1. The first kappa shape index (κ1) is 71.6. The average molecular weight is 1380 g/mol. The van der Waals surface area contributed by atoms with E-state index >= 15 is 4.39 Å². The molecule has 0 bridgehead atoms. The quantitative estimate of drug-likeness (QED) is 0.00960. The summed E-state index contributed by atoms with van der Waals surface area (Å²) in [6, 6.07) is 35.3. The normalized spacial score (nSPS) is 16.4.